The van der Waals surface area contributed by atoms with Gasteiger partial charge in [-0.05, 0) is 62.0 Å². The molecule has 1 aromatic heterocycles. The zero-order valence-corrected chi connectivity index (χ0v) is 16.5. The number of nitrogens with zero attached hydrogens (tertiary/aromatic N) is 3. The van der Waals surface area contributed by atoms with Crippen molar-refractivity contribution in [1.29, 1.82) is 0 Å². The van der Waals surface area contributed by atoms with E-state index in [1.54, 1.807) is 6.07 Å². The number of hydrogen-bond donors (Lipinski definition) is 1. The second-order valence-electron chi connectivity index (χ2n) is 6.64. The minimum Gasteiger partial charge on any atom is -0.369 e. The highest BCUT2D eigenvalue weighted by Gasteiger charge is 2.06. The molecule has 3 aromatic rings. The standard InChI is InChI=1S/C23H27FN4/c1-3-28(4-2)16-8-15-25-23-20-11-5-6-12-21(20)26-22(27-23)14-13-18-9-7-10-19(24)17-18/h5-7,9-14,17H,3-4,8,15-16H2,1-2H3,(H,25,26,27). The maximum atomic E-state index is 13.4. The second kappa shape index (κ2) is 9.95. The molecule has 0 radical (unpaired) electrons. The SMILES string of the molecule is CCN(CC)CCCNc1nc(C=Cc2cccc(F)c2)nc2ccccc12. The van der Waals surface area contributed by atoms with Crippen LogP contribution in [-0.4, -0.2) is 41.0 Å². The zero-order chi connectivity index (χ0) is 19.8. The largest absolute Gasteiger partial charge is 0.369 e. The molecule has 4 nitrogen and oxygen atoms in total. The van der Waals surface area contributed by atoms with Gasteiger partial charge >= 0.3 is 0 Å². The van der Waals surface area contributed by atoms with Gasteiger partial charge < -0.3 is 10.2 Å². The third kappa shape index (κ3) is 5.36. The molecule has 0 amide bonds. The van der Waals surface area contributed by atoms with Crippen LogP contribution in [0.25, 0.3) is 23.1 Å². The third-order valence-electron chi connectivity index (χ3n) is 4.73. The lowest BCUT2D eigenvalue weighted by Gasteiger charge is -2.18. The summed E-state index contributed by atoms with van der Waals surface area (Å²) in [5.74, 6) is 1.19. The fourth-order valence-electron chi connectivity index (χ4n) is 3.13. The van der Waals surface area contributed by atoms with Crippen LogP contribution < -0.4 is 5.32 Å². The van der Waals surface area contributed by atoms with Gasteiger partial charge in [-0.1, -0.05) is 44.2 Å². The molecule has 0 fully saturated rings. The zero-order valence-electron chi connectivity index (χ0n) is 16.5. The van der Waals surface area contributed by atoms with Crippen molar-refractivity contribution in [1.82, 2.24) is 14.9 Å². The quantitative estimate of drug-likeness (QED) is 0.527. The van der Waals surface area contributed by atoms with E-state index >= 15 is 0 Å². The molecule has 0 saturated heterocycles. The molecule has 146 valence electrons. The first-order valence-electron chi connectivity index (χ1n) is 9.86. The van der Waals surface area contributed by atoms with Gasteiger partial charge in [-0.15, -0.1) is 0 Å². The van der Waals surface area contributed by atoms with E-state index in [0.717, 1.165) is 54.9 Å². The van der Waals surface area contributed by atoms with E-state index in [0.29, 0.717) is 5.82 Å². The van der Waals surface area contributed by atoms with Crippen molar-refractivity contribution in [2.24, 2.45) is 0 Å². The van der Waals surface area contributed by atoms with Crippen molar-refractivity contribution in [2.45, 2.75) is 20.3 Å². The first-order chi connectivity index (χ1) is 13.7. The predicted octanol–water partition coefficient (Wildman–Crippen LogP) is 5.08. The molecule has 28 heavy (non-hydrogen) atoms. The molecule has 0 bridgehead atoms. The molecule has 1 N–H and O–H groups in total. The van der Waals surface area contributed by atoms with Crippen LogP contribution in [0.2, 0.25) is 0 Å². The van der Waals surface area contributed by atoms with Crippen molar-refractivity contribution >= 4 is 28.9 Å². The van der Waals surface area contributed by atoms with Crippen LogP contribution >= 0.6 is 0 Å². The van der Waals surface area contributed by atoms with Crippen LogP contribution in [0.5, 0.6) is 0 Å². The number of aromatic nitrogens is 2. The lowest BCUT2D eigenvalue weighted by Crippen LogP contribution is -2.25. The average molecular weight is 378 g/mol. The Bertz CT molecular complexity index is 935. The van der Waals surface area contributed by atoms with Crippen molar-refractivity contribution in [3.8, 4) is 0 Å². The Hall–Kier alpha value is -2.79. The highest BCUT2D eigenvalue weighted by molar-refractivity contribution is 5.90. The molecule has 0 unspecified atom stereocenters. The summed E-state index contributed by atoms with van der Waals surface area (Å²) in [5, 5.41) is 4.47. The summed E-state index contributed by atoms with van der Waals surface area (Å²) in [4.78, 5) is 11.7. The molecule has 0 aliphatic carbocycles. The second-order valence-corrected chi connectivity index (χ2v) is 6.64. The first-order valence-corrected chi connectivity index (χ1v) is 9.86. The summed E-state index contributed by atoms with van der Waals surface area (Å²) in [5.41, 5.74) is 1.67. The summed E-state index contributed by atoms with van der Waals surface area (Å²) < 4.78 is 13.4. The van der Waals surface area contributed by atoms with E-state index in [4.69, 9.17) is 0 Å². The Labute approximate surface area is 166 Å². The molecule has 0 aliphatic heterocycles. The van der Waals surface area contributed by atoms with E-state index in [1.807, 2.05) is 42.5 Å². The highest BCUT2D eigenvalue weighted by Crippen LogP contribution is 2.21. The Morgan fingerprint density at radius 1 is 1.00 bits per heavy atom. The van der Waals surface area contributed by atoms with Crippen molar-refractivity contribution in [3.05, 3.63) is 65.7 Å². The van der Waals surface area contributed by atoms with E-state index < -0.39 is 0 Å². The molecule has 0 spiro atoms. The summed E-state index contributed by atoms with van der Waals surface area (Å²) >= 11 is 0. The molecule has 2 aromatic carbocycles. The van der Waals surface area contributed by atoms with Gasteiger partial charge in [-0.2, -0.15) is 0 Å². The molecule has 0 aliphatic rings. The predicted molar refractivity (Wildman–Crippen MR) is 116 cm³/mol. The Kier molecular flexibility index (Phi) is 7.09. The first kappa shape index (κ1) is 20.0. The number of halogens is 1. The maximum Gasteiger partial charge on any atom is 0.154 e. The maximum absolute atomic E-state index is 13.4. The number of hydrogen-bond acceptors (Lipinski definition) is 4. The Morgan fingerprint density at radius 2 is 1.82 bits per heavy atom. The van der Waals surface area contributed by atoms with Gasteiger partial charge in [0, 0.05) is 11.9 Å². The van der Waals surface area contributed by atoms with Gasteiger partial charge in [-0.3, -0.25) is 0 Å². The van der Waals surface area contributed by atoms with Crippen LogP contribution in [0.3, 0.4) is 0 Å². The topological polar surface area (TPSA) is 41.0 Å². The number of nitrogens with one attached hydrogen (secondary N) is 1. The number of fused-ring (bicyclic) bond motifs is 1. The number of anilines is 1. The van der Waals surface area contributed by atoms with Gasteiger partial charge in [0.2, 0.25) is 0 Å². The average Bonchev–Trinajstić information content (AvgIpc) is 2.72. The number of benzene rings is 2. The van der Waals surface area contributed by atoms with Gasteiger partial charge in [0.25, 0.3) is 0 Å². The lowest BCUT2D eigenvalue weighted by molar-refractivity contribution is 0.303. The van der Waals surface area contributed by atoms with Crippen LogP contribution in [-0.2, 0) is 0 Å². The minimum atomic E-state index is -0.253. The smallest absolute Gasteiger partial charge is 0.154 e. The van der Waals surface area contributed by atoms with Gasteiger partial charge in [0.15, 0.2) is 5.82 Å². The molecule has 5 heteroatoms. The molecule has 3 rings (SSSR count). The van der Waals surface area contributed by atoms with Crippen LogP contribution in [0.15, 0.2) is 48.5 Å². The van der Waals surface area contributed by atoms with E-state index in [2.05, 4.69) is 34.0 Å². The van der Waals surface area contributed by atoms with Crippen LogP contribution in [0.1, 0.15) is 31.7 Å². The van der Waals surface area contributed by atoms with Gasteiger partial charge in [0.05, 0.1) is 5.52 Å². The molecular formula is C23H27FN4. The third-order valence-corrected chi connectivity index (χ3v) is 4.73. The van der Waals surface area contributed by atoms with Gasteiger partial charge in [-0.25, -0.2) is 14.4 Å². The fourth-order valence-corrected chi connectivity index (χ4v) is 3.13. The number of rotatable bonds is 9. The summed E-state index contributed by atoms with van der Waals surface area (Å²) in [6, 6.07) is 14.5. The van der Waals surface area contributed by atoms with E-state index in [1.165, 1.54) is 12.1 Å². The summed E-state index contributed by atoms with van der Waals surface area (Å²) in [7, 11) is 0. The van der Waals surface area contributed by atoms with Crippen molar-refractivity contribution < 1.29 is 4.39 Å². The van der Waals surface area contributed by atoms with Crippen LogP contribution in [0, 0.1) is 5.82 Å². The van der Waals surface area contributed by atoms with Crippen molar-refractivity contribution in [3.63, 3.8) is 0 Å². The highest BCUT2D eigenvalue weighted by atomic mass is 19.1. The Balaban J connectivity index is 1.77. The summed E-state index contributed by atoms with van der Waals surface area (Å²) in [6.45, 7) is 8.43. The molecule has 0 atom stereocenters. The molecule has 1 heterocycles. The van der Waals surface area contributed by atoms with E-state index in [-0.39, 0.29) is 5.82 Å². The lowest BCUT2D eigenvalue weighted by atomic mass is 10.2. The van der Waals surface area contributed by atoms with Crippen molar-refractivity contribution in [2.75, 3.05) is 31.5 Å². The molecule has 0 saturated carbocycles. The minimum absolute atomic E-state index is 0.253. The number of para-hydroxylation sites is 1. The fraction of sp³-hybridized carbons (Fsp3) is 0.304. The summed E-state index contributed by atoms with van der Waals surface area (Å²) in [6.07, 6.45) is 4.70. The monoisotopic (exact) mass is 378 g/mol. The Morgan fingerprint density at radius 3 is 2.61 bits per heavy atom. The van der Waals surface area contributed by atoms with Crippen LogP contribution in [0.4, 0.5) is 10.2 Å². The normalized spacial score (nSPS) is 11.6. The van der Waals surface area contributed by atoms with Gasteiger partial charge in [0.1, 0.15) is 11.6 Å². The molecular weight excluding hydrogens is 351 g/mol. The van der Waals surface area contributed by atoms with E-state index in [9.17, 15) is 4.39 Å².